The Labute approximate surface area is 125 Å². The summed E-state index contributed by atoms with van der Waals surface area (Å²) >= 11 is 0. The van der Waals surface area contributed by atoms with Crippen LogP contribution in [-0.4, -0.2) is 24.1 Å². The van der Waals surface area contributed by atoms with Crippen LogP contribution in [0.2, 0.25) is 0 Å². The minimum atomic E-state index is -0.238. The number of hydrogen-bond donors (Lipinski definition) is 1. The van der Waals surface area contributed by atoms with Crippen LogP contribution in [0.15, 0.2) is 35.4 Å². The SMILES string of the molecule is CCCCCCNC(=O)C1=NN(c2ccccc2)C(=O)C1. The fourth-order valence-corrected chi connectivity index (χ4v) is 2.18. The highest BCUT2D eigenvalue weighted by Crippen LogP contribution is 2.19. The summed E-state index contributed by atoms with van der Waals surface area (Å²) in [6.07, 6.45) is 4.48. The molecule has 1 aromatic carbocycles. The van der Waals surface area contributed by atoms with Gasteiger partial charge in [-0.15, -0.1) is 0 Å². The lowest BCUT2D eigenvalue weighted by Gasteiger charge is -2.10. The zero-order chi connectivity index (χ0) is 15.1. The first-order chi connectivity index (χ1) is 10.2. The largest absolute Gasteiger partial charge is 0.351 e. The van der Waals surface area contributed by atoms with E-state index in [1.165, 1.54) is 17.9 Å². The molecule has 21 heavy (non-hydrogen) atoms. The molecule has 1 N–H and O–H groups in total. The molecule has 1 aliphatic rings. The van der Waals surface area contributed by atoms with Crippen LogP contribution in [0.5, 0.6) is 0 Å². The van der Waals surface area contributed by atoms with E-state index in [2.05, 4.69) is 17.3 Å². The van der Waals surface area contributed by atoms with Gasteiger partial charge in [0.2, 0.25) is 0 Å². The van der Waals surface area contributed by atoms with Crippen molar-refractivity contribution in [1.82, 2.24) is 5.32 Å². The van der Waals surface area contributed by atoms with Crippen LogP contribution >= 0.6 is 0 Å². The molecule has 0 bridgehead atoms. The summed E-state index contributed by atoms with van der Waals surface area (Å²) in [5, 5.41) is 8.27. The van der Waals surface area contributed by atoms with Crippen molar-refractivity contribution in [2.45, 2.75) is 39.0 Å². The molecule has 2 amide bonds. The number of unbranched alkanes of at least 4 members (excludes halogenated alkanes) is 3. The van der Waals surface area contributed by atoms with Gasteiger partial charge in [-0.05, 0) is 18.6 Å². The summed E-state index contributed by atoms with van der Waals surface area (Å²) in [7, 11) is 0. The van der Waals surface area contributed by atoms with Gasteiger partial charge in [-0.25, -0.2) is 0 Å². The molecule has 112 valence electrons. The smallest absolute Gasteiger partial charge is 0.268 e. The number of nitrogens with zero attached hydrogens (tertiary/aromatic N) is 2. The third-order valence-electron chi connectivity index (χ3n) is 3.35. The monoisotopic (exact) mass is 287 g/mol. The third kappa shape index (κ3) is 4.15. The lowest BCUT2D eigenvalue weighted by Crippen LogP contribution is -2.31. The van der Waals surface area contributed by atoms with E-state index in [-0.39, 0.29) is 18.2 Å². The van der Waals surface area contributed by atoms with E-state index >= 15 is 0 Å². The molecule has 0 unspecified atom stereocenters. The van der Waals surface area contributed by atoms with Crippen molar-refractivity contribution >= 4 is 23.2 Å². The molecule has 5 heteroatoms. The minimum Gasteiger partial charge on any atom is -0.351 e. The lowest BCUT2D eigenvalue weighted by atomic mass is 10.2. The van der Waals surface area contributed by atoms with Crippen LogP contribution in [0.3, 0.4) is 0 Å². The summed E-state index contributed by atoms with van der Waals surface area (Å²) in [6, 6.07) is 9.14. The fourth-order valence-electron chi connectivity index (χ4n) is 2.18. The van der Waals surface area contributed by atoms with E-state index < -0.39 is 0 Å². The third-order valence-corrected chi connectivity index (χ3v) is 3.35. The number of para-hydroxylation sites is 1. The van der Waals surface area contributed by atoms with E-state index in [0.717, 1.165) is 12.8 Å². The lowest BCUT2D eigenvalue weighted by molar-refractivity contribution is -0.118. The number of benzene rings is 1. The standard InChI is InChI=1S/C16H21N3O2/c1-2-3-4-8-11-17-16(21)14-12-15(20)19(18-14)13-9-6-5-7-10-13/h5-7,9-10H,2-4,8,11-12H2,1H3,(H,17,21). The number of nitrogens with one attached hydrogen (secondary N) is 1. The minimum absolute atomic E-state index is 0.0652. The summed E-state index contributed by atoms with van der Waals surface area (Å²) in [4.78, 5) is 23.9. The van der Waals surface area contributed by atoms with Crippen molar-refractivity contribution < 1.29 is 9.59 Å². The van der Waals surface area contributed by atoms with Crippen LogP contribution < -0.4 is 10.3 Å². The maximum absolute atomic E-state index is 12.0. The molecule has 0 saturated heterocycles. The number of carbonyl (C=O) groups is 2. The second kappa shape index (κ2) is 7.57. The first kappa shape index (κ1) is 15.2. The normalized spacial score (nSPS) is 14.2. The molecule has 0 fully saturated rings. The van der Waals surface area contributed by atoms with Gasteiger partial charge in [0.25, 0.3) is 11.8 Å². The molecular formula is C16H21N3O2. The average molecular weight is 287 g/mol. The van der Waals surface area contributed by atoms with E-state index in [4.69, 9.17) is 0 Å². The van der Waals surface area contributed by atoms with Crippen molar-refractivity contribution in [3.8, 4) is 0 Å². The zero-order valence-corrected chi connectivity index (χ0v) is 12.3. The Morgan fingerprint density at radius 2 is 2.00 bits per heavy atom. The van der Waals surface area contributed by atoms with Crippen LogP contribution in [-0.2, 0) is 9.59 Å². The van der Waals surface area contributed by atoms with Crippen LogP contribution in [0.1, 0.15) is 39.0 Å². The highest BCUT2D eigenvalue weighted by atomic mass is 16.2. The first-order valence-electron chi connectivity index (χ1n) is 7.46. The summed E-state index contributed by atoms with van der Waals surface area (Å²) < 4.78 is 0. The Morgan fingerprint density at radius 1 is 1.24 bits per heavy atom. The topological polar surface area (TPSA) is 61.8 Å². The summed E-state index contributed by atoms with van der Waals surface area (Å²) in [6.45, 7) is 2.78. The van der Waals surface area contributed by atoms with Gasteiger partial charge in [-0.2, -0.15) is 10.1 Å². The number of amides is 2. The predicted octanol–water partition coefficient (Wildman–Crippen LogP) is 2.48. The van der Waals surface area contributed by atoms with E-state index in [1.807, 2.05) is 18.2 Å². The molecule has 0 aromatic heterocycles. The molecule has 5 nitrogen and oxygen atoms in total. The second-order valence-electron chi connectivity index (χ2n) is 5.08. The molecule has 1 aromatic rings. The predicted molar refractivity (Wildman–Crippen MR) is 83.1 cm³/mol. The van der Waals surface area contributed by atoms with Gasteiger partial charge in [-0.3, -0.25) is 9.59 Å². The van der Waals surface area contributed by atoms with E-state index in [9.17, 15) is 9.59 Å². The maximum Gasteiger partial charge on any atom is 0.268 e. The van der Waals surface area contributed by atoms with Gasteiger partial charge >= 0.3 is 0 Å². The fraction of sp³-hybridized carbons (Fsp3) is 0.438. The molecule has 0 aliphatic carbocycles. The number of carbonyl (C=O) groups excluding carboxylic acids is 2. The number of rotatable bonds is 7. The van der Waals surface area contributed by atoms with Gasteiger partial charge in [0.1, 0.15) is 5.71 Å². The van der Waals surface area contributed by atoms with Gasteiger partial charge in [-0.1, -0.05) is 44.4 Å². The molecule has 1 heterocycles. The maximum atomic E-state index is 12.0. The molecule has 0 spiro atoms. The quantitative estimate of drug-likeness (QED) is 0.783. The van der Waals surface area contributed by atoms with Crippen molar-refractivity contribution in [2.24, 2.45) is 5.10 Å². The van der Waals surface area contributed by atoms with Gasteiger partial charge in [0, 0.05) is 6.54 Å². The Kier molecular flexibility index (Phi) is 5.49. The number of hydrazone groups is 1. The van der Waals surface area contributed by atoms with Gasteiger partial charge in [0.05, 0.1) is 12.1 Å². The highest BCUT2D eigenvalue weighted by molar-refractivity contribution is 6.44. The number of hydrogen-bond acceptors (Lipinski definition) is 3. The molecular weight excluding hydrogens is 266 g/mol. The molecule has 0 radical (unpaired) electrons. The van der Waals surface area contributed by atoms with E-state index in [0.29, 0.717) is 17.9 Å². The Bertz CT molecular complexity index is 526. The molecule has 2 rings (SSSR count). The average Bonchev–Trinajstić information content (AvgIpc) is 2.90. The van der Waals surface area contributed by atoms with Crippen LogP contribution in [0, 0.1) is 0 Å². The number of anilines is 1. The van der Waals surface area contributed by atoms with Crippen LogP contribution in [0.4, 0.5) is 5.69 Å². The Balaban J connectivity index is 1.89. The molecule has 0 saturated carbocycles. The molecule has 1 aliphatic heterocycles. The van der Waals surface area contributed by atoms with Gasteiger partial charge in [0.15, 0.2) is 0 Å². The first-order valence-corrected chi connectivity index (χ1v) is 7.46. The van der Waals surface area contributed by atoms with Crippen molar-refractivity contribution in [1.29, 1.82) is 0 Å². The summed E-state index contributed by atoms with van der Waals surface area (Å²) in [5.74, 6) is -0.407. The van der Waals surface area contributed by atoms with E-state index in [1.54, 1.807) is 12.1 Å². The van der Waals surface area contributed by atoms with Crippen molar-refractivity contribution in [2.75, 3.05) is 11.6 Å². The Morgan fingerprint density at radius 3 is 2.71 bits per heavy atom. The highest BCUT2D eigenvalue weighted by Gasteiger charge is 2.28. The molecule has 0 atom stereocenters. The van der Waals surface area contributed by atoms with Gasteiger partial charge < -0.3 is 5.32 Å². The van der Waals surface area contributed by atoms with Crippen LogP contribution in [0.25, 0.3) is 0 Å². The second-order valence-corrected chi connectivity index (χ2v) is 5.08. The Hall–Kier alpha value is -2.17. The zero-order valence-electron chi connectivity index (χ0n) is 12.3. The van der Waals surface area contributed by atoms with Crippen molar-refractivity contribution in [3.63, 3.8) is 0 Å². The van der Waals surface area contributed by atoms with Crippen molar-refractivity contribution in [3.05, 3.63) is 30.3 Å². The summed E-state index contributed by atoms with van der Waals surface area (Å²) in [5.41, 5.74) is 0.979.